The smallest absolute Gasteiger partial charge is 0.236 e. The van der Waals surface area contributed by atoms with Crippen molar-refractivity contribution in [2.75, 3.05) is 26.7 Å². The summed E-state index contributed by atoms with van der Waals surface area (Å²) >= 11 is 0. The molecule has 0 rings (SSSR count). The SMILES string of the molecule is CC(C)CNC(=O)C(C)NCCN(C)C(C)C. The summed E-state index contributed by atoms with van der Waals surface area (Å²) in [6.45, 7) is 13.0. The first-order valence-electron chi connectivity index (χ1n) is 6.56. The van der Waals surface area contributed by atoms with E-state index in [2.05, 4.69) is 50.3 Å². The molecule has 0 aliphatic heterocycles. The Bertz CT molecular complexity index is 217. The van der Waals surface area contributed by atoms with Crippen molar-refractivity contribution in [2.45, 2.75) is 46.7 Å². The zero-order valence-electron chi connectivity index (χ0n) is 12.2. The van der Waals surface area contributed by atoms with Crippen LogP contribution in [0.25, 0.3) is 0 Å². The van der Waals surface area contributed by atoms with Crippen LogP contribution in [-0.4, -0.2) is 49.6 Å². The molecule has 4 heteroatoms. The molecule has 0 saturated carbocycles. The topological polar surface area (TPSA) is 44.4 Å². The number of nitrogens with zero attached hydrogens (tertiary/aromatic N) is 1. The largest absolute Gasteiger partial charge is 0.354 e. The number of hydrogen-bond donors (Lipinski definition) is 2. The molecule has 0 spiro atoms. The summed E-state index contributed by atoms with van der Waals surface area (Å²) in [4.78, 5) is 13.9. The normalized spacial score (nSPS) is 13.5. The van der Waals surface area contributed by atoms with Crippen molar-refractivity contribution >= 4 is 5.91 Å². The second-order valence-electron chi connectivity index (χ2n) is 5.39. The van der Waals surface area contributed by atoms with E-state index in [-0.39, 0.29) is 11.9 Å². The zero-order valence-corrected chi connectivity index (χ0v) is 12.2. The molecular formula is C13H29N3O. The van der Waals surface area contributed by atoms with Crippen LogP contribution in [0.5, 0.6) is 0 Å². The van der Waals surface area contributed by atoms with Crippen molar-refractivity contribution < 1.29 is 4.79 Å². The Hall–Kier alpha value is -0.610. The number of hydrogen-bond acceptors (Lipinski definition) is 3. The minimum Gasteiger partial charge on any atom is -0.354 e. The van der Waals surface area contributed by atoms with Gasteiger partial charge in [0.2, 0.25) is 5.91 Å². The van der Waals surface area contributed by atoms with Crippen molar-refractivity contribution in [2.24, 2.45) is 5.92 Å². The van der Waals surface area contributed by atoms with Gasteiger partial charge in [0.15, 0.2) is 0 Å². The van der Waals surface area contributed by atoms with Gasteiger partial charge in [0.05, 0.1) is 6.04 Å². The molecule has 4 nitrogen and oxygen atoms in total. The third kappa shape index (κ3) is 8.16. The van der Waals surface area contributed by atoms with E-state index in [1.54, 1.807) is 0 Å². The predicted octanol–water partition coefficient (Wildman–Crippen LogP) is 1.08. The molecule has 1 amide bonds. The summed E-state index contributed by atoms with van der Waals surface area (Å²) in [6.07, 6.45) is 0. The molecule has 0 radical (unpaired) electrons. The lowest BCUT2D eigenvalue weighted by Gasteiger charge is -2.22. The number of carbonyl (C=O) groups is 1. The second kappa shape index (κ2) is 8.48. The van der Waals surface area contributed by atoms with E-state index >= 15 is 0 Å². The molecule has 0 heterocycles. The summed E-state index contributed by atoms with van der Waals surface area (Å²) in [5.41, 5.74) is 0. The third-order valence-electron chi connectivity index (χ3n) is 2.87. The van der Waals surface area contributed by atoms with Gasteiger partial charge in [0.25, 0.3) is 0 Å². The molecule has 0 fully saturated rings. The highest BCUT2D eigenvalue weighted by atomic mass is 16.2. The number of rotatable bonds is 8. The predicted molar refractivity (Wildman–Crippen MR) is 73.1 cm³/mol. The van der Waals surface area contributed by atoms with Gasteiger partial charge in [-0.15, -0.1) is 0 Å². The molecule has 102 valence electrons. The van der Waals surface area contributed by atoms with Gasteiger partial charge in [-0.05, 0) is 33.7 Å². The highest BCUT2D eigenvalue weighted by molar-refractivity contribution is 5.81. The van der Waals surface area contributed by atoms with Gasteiger partial charge >= 0.3 is 0 Å². The van der Waals surface area contributed by atoms with Crippen LogP contribution in [-0.2, 0) is 4.79 Å². The van der Waals surface area contributed by atoms with Crippen molar-refractivity contribution in [1.82, 2.24) is 15.5 Å². The first-order valence-corrected chi connectivity index (χ1v) is 6.56. The van der Waals surface area contributed by atoms with Gasteiger partial charge in [-0.25, -0.2) is 0 Å². The van der Waals surface area contributed by atoms with E-state index in [9.17, 15) is 4.79 Å². The number of likely N-dealkylation sites (N-methyl/N-ethyl adjacent to an activating group) is 1. The lowest BCUT2D eigenvalue weighted by Crippen LogP contribution is -2.45. The molecule has 17 heavy (non-hydrogen) atoms. The molecule has 0 bridgehead atoms. The monoisotopic (exact) mass is 243 g/mol. The second-order valence-corrected chi connectivity index (χ2v) is 5.39. The van der Waals surface area contributed by atoms with Gasteiger partial charge < -0.3 is 15.5 Å². The van der Waals surface area contributed by atoms with Gasteiger partial charge in [0, 0.05) is 25.7 Å². The maximum Gasteiger partial charge on any atom is 0.236 e. The summed E-state index contributed by atoms with van der Waals surface area (Å²) < 4.78 is 0. The van der Waals surface area contributed by atoms with Crippen LogP contribution < -0.4 is 10.6 Å². The van der Waals surface area contributed by atoms with E-state index in [0.717, 1.165) is 19.6 Å². The van der Waals surface area contributed by atoms with Gasteiger partial charge in [-0.1, -0.05) is 13.8 Å². The quantitative estimate of drug-likeness (QED) is 0.670. The molecule has 0 aromatic rings. The van der Waals surface area contributed by atoms with E-state index in [1.165, 1.54) is 0 Å². The summed E-state index contributed by atoms with van der Waals surface area (Å²) in [6, 6.07) is 0.427. The summed E-state index contributed by atoms with van der Waals surface area (Å²) in [5.74, 6) is 0.587. The maximum absolute atomic E-state index is 11.7. The lowest BCUT2D eigenvalue weighted by molar-refractivity contribution is -0.122. The number of amides is 1. The van der Waals surface area contributed by atoms with Crippen LogP contribution >= 0.6 is 0 Å². The molecule has 0 aliphatic rings. The van der Waals surface area contributed by atoms with Crippen LogP contribution in [0.3, 0.4) is 0 Å². The van der Waals surface area contributed by atoms with Gasteiger partial charge in [-0.3, -0.25) is 4.79 Å². The summed E-state index contributed by atoms with van der Waals surface area (Å²) in [5, 5.41) is 6.17. The highest BCUT2D eigenvalue weighted by Gasteiger charge is 2.12. The lowest BCUT2D eigenvalue weighted by atomic mass is 10.2. The molecule has 0 aliphatic carbocycles. The minimum absolute atomic E-state index is 0.0888. The van der Waals surface area contributed by atoms with Crippen molar-refractivity contribution in [3.8, 4) is 0 Å². The molecule has 1 atom stereocenters. The summed E-state index contributed by atoms with van der Waals surface area (Å²) in [7, 11) is 2.09. The van der Waals surface area contributed by atoms with Gasteiger partial charge in [-0.2, -0.15) is 0 Å². The van der Waals surface area contributed by atoms with E-state index < -0.39 is 0 Å². The van der Waals surface area contributed by atoms with Crippen LogP contribution in [0.4, 0.5) is 0 Å². The average molecular weight is 243 g/mol. The Morgan fingerprint density at radius 1 is 1.18 bits per heavy atom. The molecule has 1 unspecified atom stereocenters. The Labute approximate surface area is 106 Å². The Morgan fingerprint density at radius 2 is 1.76 bits per heavy atom. The maximum atomic E-state index is 11.7. The van der Waals surface area contributed by atoms with Gasteiger partial charge in [0.1, 0.15) is 0 Å². The standard InChI is InChI=1S/C13H29N3O/c1-10(2)9-15-13(17)12(5)14-7-8-16(6)11(3)4/h10-12,14H,7-9H2,1-6H3,(H,15,17). The van der Waals surface area contributed by atoms with Crippen LogP contribution in [0, 0.1) is 5.92 Å². The van der Waals surface area contributed by atoms with E-state index in [1.807, 2.05) is 6.92 Å². The van der Waals surface area contributed by atoms with E-state index in [4.69, 9.17) is 0 Å². The molecule has 2 N–H and O–H groups in total. The van der Waals surface area contributed by atoms with Crippen LogP contribution in [0.15, 0.2) is 0 Å². The fraction of sp³-hybridized carbons (Fsp3) is 0.923. The Balaban J connectivity index is 3.71. The number of carbonyl (C=O) groups excluding carboxylic acids is 1. The first kappa shape index (κ1) is 16.4. The minimum atomic E-state index is -0.116. The zero-order chi connectivity index (χ0) is 13.4. The molecular weight excluding hydrogens is 214 g/mol. The van der Waals surface area contributed by atoms with Crippen molar-refractivity contribution in [3.63, 3.8) is 0 Å². The van der Waals surface area contributed by atoms with E-state index in [0.29, 0.717) is 12.0 Å². The third-order valence-corrected chi connectivity index (χ3v) is 2.87. The molecule has 0 aromatic carbocycles. The molecule has 0 saturated heterocycles. The fourth-order valence-electron chi connectivity index (χ4n) is 1.27. The average Bonchev–Trinajstić information content (AvgIpc) is 2.25. The number of nitrogens with one attached hydrogen (secondary N) is 2. The Morgan fingerprint density at radius 3 is 2.24 bits per heavy atom. The highest BCUT2D eigenvalue weighted by Crippen LogP contribution is 1.92. The Kier molecular flexibility index (Phi) is 8.17. The van der Waals surface area contributed by atoms with Crippen LogP contribution in [0.1, 0.15) is 34.6 Å². The first-order chi connectivity index (χ1) is 7.84. The van der Waals surface area contributed by atoms with Crippen molar-refractivity contribution in [1.29, 1.82) is 0 Å². The van der Waals surface area contributed by atoms with Crippen LogP contribution in [0.2, 0.25) is 0 Å². The fourth-order valence-corrected chi connectivity index (χ4v) is 1.27. The molecule has 0 aromatic heterocycles. The van der Waals surface area contributed by atoms with Crippen molar-refractivity contribution in [3.05, 3.63) is 0 Å².